The lowest BCUT2D eigenvalue weighted by Gasteiger charge is -1.97. The Morgan fingerprint density at radius 2 is 2.36 bits per heavy atom. The topological polar surface area (TPSA) is 54.6 Å². The third-order valence-electron chi connectivity index (χ3n) is 1.98. The number of imidazole rings is 1. The summed E-state index contributed by atoms with van der Waals surface area (Å²) in [6.45, 7) is 1.82. The number of aryl methyl sites for hydroxylation is 1. The van der Waals surface area contributed by atoms with Crippen molar-refractivity contribution >= 4 is 27.5 Å². The van der Waals surface area contributed by atoms with E-state index in [9.17, 15) is 4.79 Å². The number of aromatic nitrogens is 2. The number of nitrogens with zero attached hydrogens (tertiary/aromatic N) is 2. The summed E-state index contributed by atoms with van der Waals surface area (Å²) in [5.74, 6) is -0.965. The average molecular weight is 255 g/mol. The molecule has 0 atom stereocenters. The van der Waals surface area contributed by atoms with E-state index < -0.39 is 5.97 Å². The van der Waals surface area contributed by atoms with Crippen LogP contribution in [-0.2, 0) is 0 Å². The van der Waals surface area contributed by atoms with Crippen molar-refractivity contribution in [1.82, 2.24) is 9.38 Å². The van der Waals surface area contributed by atoms with Gasteiger partial charge in [0.15, 0.2) is 5.65 Å². The maximum atomic E-state index is 10.9. The number of carboxylic acid groups (broad SMARTS) is 1. The monoisotopic (exact) mass is 254 g/mol. The van der Waals surface area contributed by atoms with Crippen LogP contribution >= 0.6 is 15.9 Å². The minimum absolute atomic E-state index is 0.210. The van der Waals surface area contributed by atoms with E-state index in [1.165, 1.54) is 6.07 Å². The number of hydrogen-bond donors (Lipinski definition) is 1. The lowest BCUT2D eigenvalue weighted by atomic mass is 10.3. The number of carbonyl (C=O) groups is 1. The molecule has 0 aromatic carbocycles. The van der Waals surface area contributed by atoms with E-state index in [1.54, 1.807) is 16.7 Å². The van der Waals surface area contributed by atoms with E-state index in [0.29, 0.717) is 5.65 Å². The number of pyridine rings is 1. The Balaban J connectivity index is 2.88. The van der Waals surface area contributed by atoms with E-state index in [-0.39, 0.29) is 5.56 Å². The Labute approximate surface area is 88.3 Å². The van der Waals surface area contributed by atoms with Crippen LogP contribution in [0.25, 0.3) is 5.65 Å². The fourth-order valence-corrected chi connectivity index (χ4v) is 1.69. The molecule has 0 saturated carbocycles. The zero-order valence-corrected chi connectivity index (χ0v) is 8.95. The number of fused-ring (bicyclic) bond motifs is 1. The Kier molecular flexibility index (Phi) is 2.03. The standard InChI is InChI=1S/C9H7BrN2O2/c1-5-7(10)12-4-2-3-6(9(13)14)8(12)11-5/h2-4H,1H3,(H,13,14). The van der Waals surface area contributed by atoms with E-state index in [2.05, 4.69) is 20.9 Å². The SMILES string of the molecule is Cc1nc2c(C(=O)O)cccn2c1Br. The molecule has 14 heavy (non-hydrogen) atoms. The molecule has 2 heterocycles. The Hall–Kier alpha value is -1.36. The van der Waals surface area contributed by atoms with Gasteiger partial charge in [-0.15, -0.1) is 0 Å². The van der Waals surface area contributed by atoms with E-state index in [1.807, 2.05) is 6.92 Å². The van der Waals surface area contributed by atoms with Gasteiger partial charge in [-0.2, -0.15) is 0 Å². The summed E-state index contributed by atoms with van der Waals surface area (Å²) in [6.07, 6.45) is 1.77. The van der Waals surface area contributed by atoms with Crippen LogP contribution < -0.4 is 0 Å². The molecule has 5 heteroatoms. The van der Waals surface area contributed by atoms with Gasteiger partial charge < -0.3 is 5.11 Å². The quantitative estimate of drug-likeness (QED) is 0.848. The molecule has 0 spiro atoms. The molecule has 1 N–H and O–H groups in total. The minimum atomic E-state index is -0.965. The van der Waals surface area contributed by atoms with Gasteiger partial charge in [0.1, 0.15) is 10.2 Å². The van der Waals surface area contributed by atoms with Gasteiger partial charge in [0.05, 0.1) is 5.69 Å². The molecule has 0 aliphatic rings. The van der Waals surface area contributed by atoms with Crippen LogP contribution in [-0.4, -0.2) is 20.5 Å². The van der Waals surface area contributed by atoms with Crippen molar-refractivity contribution in [2.75, 3.05) is 0 Å². The third kappa shape index (κ3) is 1.21. The highest BCUT2D eigenvalue weighted by Gasteiger charge is 2.13. The first-order valence-corrected chi connectivity index (χ1v) is 4.77. The molecule has 0 fully saturated rings. The minimum Gasteiger partial charge on any atom is -0.478 e. The van der Waals surface area contributed by atoms with Crippen molar-refractivity contribution in [3.05, 3.63) is 34.2 Å². The molecule has 4 nitrogen and oxygen atoms in total. The summed E-state index contributed by atoms with van der Waals surface area (Å²) in [7, 11) is 0. The number of hydrogen-bond acceptors (Lipinski definition) is 2. The summed E-state index contributed by atoms with van der Waals surface area (Å²) >= 11 is 3.34. The summed E-state index contributed by atoms with van der Waals surface area (Å²) in [5.41, 5.74) is 1.45. The number of rotatable bonds is 1. The molecule has 0 aliphatic carbocycles. The van der Waals surface area contributed by atoms with Gasteiger partial charge in [0.25, 0.3) is 0 Å². The highest BCUT2D eigenvalue weighted by Crippen LogP contribution is 2.20. The predicted molar refractivity (Wildman–Crippen MR) is 54.6 cm³/mol. The fraction of sp³-hybridized carbons (Fsp3) is 0.111. The van der Waals surface area contributed by atoms with Crippen molar-refractivity contribution < 1.29 is 9.90 Å². The average Bonchev–Trinajstić information content (AvgIpc) is 2.43. The largest absolute Gasteiger partial charge is 0.478 e. The molecule has 72 valence electrons. The Morgan fingerprint density at radius 3 is 3.00 bits per heavy atom. The van der Waals surface area contributed by atoms with Crippen LogP contribution in [0.4, 0.5) is 0 Å². The fourth-order valence-electron chi connectivity index (χ4n) is 1.32. The first-order valence-electron chi connectivity index (χ1n) is 3.97. The smallest absolute Gasteiger partial charge is 0.339 e. The third-order valence-corrected chi connectivity index (χ3v) is 2.94. The van der Waals surface area contributed by atoms with E-state index in [4.69, 9.17) is 5.11 Å². The lowest BCUT2D eigenvalue weighted by molar-refractivity contribution is 0.0698. The zero-order valence-electron chi connectivity index (χ0n) is 7.36. The Morgan fingerprint density at radius 1 is 1.64 bits per heavy atom. The van der Waals surface area contributed by atoms with Gasteiger partial charge in [0, 0.05) is 6.20 Å². The molecule has 0 aliphatic heterocycles. The molecule has 0 radical (unpaired) electrons. The lowest BCUT2D eigenvalue weighted by Crippen LogP contribution is -2.00. The second kappa shape index (κ2) is 3.09. The Bertz CT molecular complexity index is 519. The molecular weight excluding hydrogens is 248 g/mol. The van der Waals surface area contributed by atoms with Crippen LogP contribution in [0, 0.1) is 6.92 Å². The highest BCUT2D eigenvalue weighted by atomic mass is 79.9. The number of halogens is 1. The summed E-state index contributed by atoms with van der Waals surface area (Å²) < 4.78 is 2.49. The predicted octanol–water partition coefficient (Wildman–Crippen LogP) is 2.10. The van der Waals surface area contributed by atoms with Crippen molar-refractivity contribution in [3.63, 3.8) is 0 Å². The summed E-state index contributed by atoms with van der Waals surface area (Å²) in [6, 6.07) is 3.22. The van der Waals surface area contributed by atoms with E-state index in [0.717, 1.165) is 10.3 Å². The van der Waals surface area contributed by atoms with Gasteiger partial charge >= 0.3 is 5.97 Å². The van der Waals surface area contributed by atoms with Gasteiger partial charge in [-0.05, 0) is 35.0 Å². The molecule has 0 unspecified atom stereocenters. The highest BCUT2D eigenvalue weighted by molar-refractivity contribution is 9.10. The molecule has 0 saturated heterocycles. The molecular formula is C9H7BrN2O2. The van der Waals surface area contributed by atoms with Crippen molar-refractivity contribution in [2.45, 2.75) is 6.92 Å². The molecule has 0 bridgehead atoms. The maximum absolute atomic E-state index is 10.9. The molecule has 0 amide bonds. The van der Waals surface area contributed by atoms with Gasteiger partial charge in [-0.1, -0.05) is 0 Å². The second-order valence-electron chi connectivity index (χ2n) is 2.91. The van der Waals surface area contributed by atoms with Crippen molar-refractivity contribution in [3.8, 4) is 0 Å². The number of carboxylic acids is 1. The van der Waals surface area contributed by atoms with E-state index >= 15 is 0 Å². The van der Waals surface area contributed by atoms with Crippen LogP contribution in [0.3, 0.4) is 0 Å². The van der Waals surface area contributed by atoms with Crippen LogP contribution in [0.2, 0.25) is 0 Å². The summed E-state index contributed by atoms with van der Waals surface area (Å²) in [4.78, 5) is 15.0. The number of aromatic carboxylic acids is 1. The second-order valence-corrected chi connectivity index (χ2v) is 3.66. The van der Waals surface area contributed by atoms with Crippen molar-refractivity contribution in [1.29, 1.82) is 0 Å². The first-order chi connectivity index (χ1) is 6.61. The van der Waals surface area contributed by atoms with Gasteiger partial charge in [-0.3, -0.25) is 4.40 Å². The summed E-state index contributed by atoms with van der Waals surface area (Å²) in [5, 5.41) is 8.91. The van der Waals surface area contributed by atoms with Crippen molar-refractivity contribution in [2.24, 2.45) is 0 Å². The van der Waals surface area contributed by atoms with Crippen LogP contribution in [0.5, 0.6) is 0 Å². The maximum Gasteiger partial charge on any atom is 0.339 e. The molecule has 2 aromatic rings. The van der Waals surface area contributed by atoms with Crippen LogP contribution in [0.1, 0.15) is 16.1 Å². The molecule has 2 rings (SSSR count). The zero-order chi connectivity index (χ0) is 10.3. The first kappa shape index (κ1) is 9.21. The van der Waals surface area contributed by atoms with Crippen LogP contribution in [0.15, 0.2) is 22.9 Å². The van der Waals surface area contributed by atoms with Gasteiger partial charge in [-0.25, -0.2) is 9.78 Å². The van der Waals surface area contributed by atoms with Gasteiger partial charge in [0.2, 0.25) is 0 Å². The normalized spacial score (nSPS) is 10.7. The molecule has 2 aromatic heterocycles.